The molecule has 54 heavy (non-hydrogen) atoms. The highest BCUT2D eigenvalue weighted by Gasteiger charge is 2.42. The third kappa shape index (κ3) is 14.5. The van der Waals surface area contributed by atoms with Gasteiger partial charge in [0.05, 0.1) is 53.4 Å². The Balaban J connectivity index is 0.855. The largest absolute Gasteiger partial charge is 0.443 e. The molecule has 5 aliphatic rings. The van der Waals surface area contributed by atoms with E-state index >= 15 is 0 Å². The lowest BCUT2D eigenvalue weighted by Gasteiger charge is -2.49. The monoisotopic (exact) mass is 760 g/mol. The Morgan fingerprint density at radius 2 is 1.15 bits per heavy atom. The Kier molecular flexibility index (Phi) is 15.3. The van der Waals surface area contributed by atoms with Crippen molar-refractivity contribution in [1.82, 2.24) is 14.7 Å². The number of unbranched alkanes of at least 4 members (excludes halogenated alkanes) is 1. The Hall–Kier alpha value is -1.45. The lowest BCUT2D eigenvalue weighted by Crippen LogP contribution is -2.62. The van der Waals surface area contributed by atoms with Crippen LogP contribution < -0.4 is 0 Å². The lowest BCUT2D eigenvalue weighted by molar-refractivity contribution is -0.168. The maximum Gasteiger partial charge on any atom is 0.410 e. The summed E-state index contributed by atoms with van der Waals surface area (Å²) in [5.74, 6) is 6.60. The number of amides is 1. The predicted molar refractivity (Wildman–Crippen MR) is 214 cm³/mol. The molecule has 0 unspecified atom stereocenters. The molecule has 0 radical (unpaired) electrons. The molecule has 1 amide bonds. The average Bonchev–Trinajstić information content (AvgIpc) is 3.02. The Labute approximate surface area is 329 Å². The zero-order chi connectivity index (χ0) is 39.1. The molecule has 0 spiro atoms. The zero-order valence-corrected chi connectivity index (χ0v) is 35.9. The van der Waals surface area contributed by atoms with E-state index in [2.05, 4.69) is 90.9 Å². The summed E-state index contributed by atoms with van der Waals surface area (Å²) >= 11 is 0. The smallest absolute Gasteiger partial charge is 0.410 e. The van der Waals surface area contributed by atoms with Gasteiger partial charge in [-0.3, -0.25) is 4.90 Å². The molecule has 3 heterocycles. The van der Waals surface area contributed by atoms with Crippen LogP contribution in [0.2, 0.25) is 0 Å². The van der Waals surface area contributed by atoms with Crippen LogP contribution in [-0.2, 0) is 28.4 Å². The maximum absolute atomic E-state index is 12.9. The fourth-order valence-corrected chi connectivity index (χ4v) is 8.26. The van der Waals surface area contributed by atoms with Crippen molar-refractivity contribution in [3.8, 4) is 11.8 Å². The number of likely N-dealkylation sites (tertiary alicyclic amines) is 3. The van der Waals surface area contributed by atoms with E-state index in [1.54, 1.807) is 0 Å². The second kappa shape index (κ2) is 18.9. The van der Waals surface area contributed by atoms with Gasteiger partial charge in [0.1, 0.15) is 12.7 Å². The van der Waals surface area contributed by atoms with E-state index in [9.17, 15) is 4.79 Å². The first-order valence-electron chi connectivity index (χ1n) is 21.5. The summed E-state index contributed by atoms with van der Waals surface area (Å²) in [4.78, 5) is 19.8. The van der Waals surface area contributed by atoms with Gasteiger partial charge in [0, 0.05) is 51.2 Å². The minimum absolute atomic E-state index is 0.00522. The molecule has 2 aliphatic carbocycles. The van der Waals surface area contributed by atoms with Crippen LogP contribution in [0.5, 0.6) is 0 Å². The number of rotatable bonds is 16. The van der Waals surface area contributed by atoms with Gasteiger partial charge in [-0.2, -0.15) is 0 Å². The number of carbonyl (C=O) groups excluding carboxylic acids is 1. The van der Waals surface area contributed by atoms with Crippen molar-refractivity contribution in [2.75, 3.05) is 52.4 Å². The van der Waals surface area contributed by atoms with Crippen molar-refractivity contribution in [3.05, 3.63) is 0 Å². The van der Waals surface area contributed by atoms with Gasteiger partial charge in [0.15, 0.2) is 0 Å². The van der Waals surface area contributed by atoms with Gasteiger partial charge in [0.2, 0.25) is 0 Å². The quantitative estimate of drug-likeness (QED) is 0.117. The van der Waals surface area contributed by atoms with Crippen LogP contribution in [0.15, 0.2) is 0 Å². The highest BCUT2D eigenvalue weighted by atomic mass is 16.6. The Bertz CT molecular complexity index is 1220. The highest BCUT2D eigenvalue weighted by Crippen LogP contribution is 2.35. The molecule has 3 aliphatic heterocycles. The molecule has 0 aromatic heterocycles. The van der Waals surface area contributed by atoms with Crippen LogP contribution in [0.3, 0.4) is 0 Å². The number of hydrogen-bond donors (Lipinski definition) is 0. The summed E-state index contributed by atoms with van der Waals surface area (Å²) in [5.41, 5.74) is -0.404. The van der Waals surface area contributed by atoms with Gasteiger partial charge >= 0.3 is 6.09 Å². The second-order valence-corrected chi connectivity index (χ2v) is 20.1. The molecule has 10 heteroatoms. The van der Waals surface area contributed by atoms with Gasteiger partial charge < -0.3 is 38.2 Å². The van der Waals surface area contributed by atoms with E-state index in [-0.39, 0.29) is 46.7 Å². The number of ether oxygens (including phenoxy) is 6. The topological polar surface area (TPSA) is 82.2 Å². The molecule has 310 valence electrons. The fraction of sp³-hybridized carbons (Fsp3) is 0.932. The third-order valence-corrected chi connectivity index (χ3v) is 11.9. The predicted octanol–water partition coefficient (Wildman–Crippen LogP) is 7.60. The van der Waals surface area contributed by atoms with Gasteiger partial charge in [0.25, 0.3) is 0 Å². The minimum atomic E-state index is -0.245. The third-order valence-electron chi connectivity index (χ3n) is 11.9. The summed E-state index contributed by atoms with van der Waals surface area (Å²) < 4.78 is 36.9. The van der Waals surface area contributed by atoms with Crippen molar-refractivity contribution in [2.45, 2.75) is 211 Å². The maximum atomic E-state index is 12.9. The molecule has 0 atom stereocenters. The zero-order valence-electron chi connectivity index (χ0n) is 35.9. The van der Waals surface area contributed by atoms with E-state index in [4.69, 9.17) is 28.4 Å². The van der Waals surface area contributed by atoms with Crippen LogP contribution in [-0.4, -0.2) is 138 Å². The van der Waals surface area contributed by atoms with E-state index in [1.165, 1.54) is 0 Å². The molecule has 0 aromatic rings. The molecule has 10 nitrogen and oxygen atoms in total. The minimum Gasteiger partial charge on any atom is -0.443 e. The average molecular weight is 760 g/mol. The highest BCUT2D eigenvalue weighted by molar-refractivity contribution is 5.68. The molecule has 0 aromatic carbocycles. The molecule has 0 bridgehead atoms. The van der Waals surface area contributed by atoms with Gasteiger partial charge in [-0.25, -0.2) is 4.79 Å². The van der Waals surface area contributed by atoms with Gasteiger partial charge in [-0.05, 0) is 146 Å². The molecule has 5 rings (SSSR count). The molecule has 0 N–H and O–H groups in total. The first kappa shape index (κ1) is 43.7. The second-order valence-electron chi connectivity index (χ2n) is 20.1. The summed E-state index contributed by atoms with van der Waals surface area (Å²) in [6.45, 7) is 28.4. The number of hydrogen-bond acceptors (Lipinski definition) is 9. The van der Waals surface area contributed by atoms with Gasteiger partial charge in [-0.1, -0.05) is 5.92 Å². The van der Waals surface area contributed by atoms with Crippen LogP contribution >= 0.6 is 0 Å². The molecule has 2 saturated carbocycles. The lowest BCUT2D eigenvalue weighted by atomic mass is 9.87. The first-order chi connectivity index (χ1) is 25.3. The fourth-order valence-electron chi connectivity index (χ4n) is 8.26. The van der Waals surface area contributed by atoms with Gasteiger partial charge in [-0.15, -0.1) is 5.92 Å². The van der Waals surface area contributed by atoms with E-state index < -0.39 is 0 Å². The van der Waals surface area contributed by atoms with Crippen molar-refractivity contribution in [1.29, 1.82) is 0 Å². The summed E-state index contributed by atoms with van der Waals surface area (Å²) in [6, 6.07) is 0. The van der Waals surface area contributed by atoms with Crippen molar-refractivity contribution in [3.63, 3.8) is 0 Å². The van der Waals surface area contributed by atoms with E-state index in [1.807, 2.05) is 4.90 Å². The summed E-state index contributed by atoms with van der Waals surface area (Å²) in [7, 11) is 0. The SMILES string of the molecule is CC(C)(C)OC1CC(OC2CCN(CCCC#CCOC(C)(C)CCC(C)(C)N3CC(OC(=O)N4CCC(OC5CC(OC(C)(C)C)C5)CC4)C3)CC2)C1. The van der Waals surface area contributed by atoms with Crippen LogP contribution in [0.25, 0.3) is 0 Å². The normalized spacial score (nSPS) is 27.1. The van der Waals surface area contributed by atoms with E-state index in [0.29, 0.717) is 44.1 Å². The first-order valence-corrected chi connectivity index (χ1v) is 21.5. The Morgan fingerprint density at radius 1 is 0.630 bits per heavy atom. The van der Waals surface area contributed by atoms with Crippen LogP contribution in [0.1, 0.15) is 146 Å². The van der Waals surface area contributed by atoms with Crippen LogP contribution in [0.4, 0.5) is 4.79 Å². The summed E-state index contributed by atoms with van der Waals surface area (Å²) in [5, 5.41) is 0. The number of carbonyl (C=O) groups is 1. The van der Waals surface area contributed by atoms with Crippen LogP contribution in [0, 0.1) is 11.8 Å². The summed E-state index contributed by atoms with van der Waals surface area (Å²) in [6.07, 6.45) is 13.7. The molecule has 3 saturated heterocycles. The molecular weight excluding hydrogens is 682 g/mol. The number of nitrogens with zero attached hydrogens (tertiary/aromatic N) is 3. The van der Waals surface area contributed by atoms with Crippen molar-refractivity contribution >= 4 is 6.09 Å². The van der Waals surface area contributed by atoms with Crippen molar-refractivity contribution in [2.24, 2.45) is 0 Å². The number of piperidine rings is 2. The standard InChI is InChI=1S/C44H77N3O7/c1-41(2,3)53-37-27-35(28-37)50-33-15-22-45(23-16-33)21-13-11-12-14-26-49-44(9,10)20-19-43(7,8)47-31-39(32-47)52-40(48)46-24-17-34(18-25-46)51-36-29-38(30-36)54-42(4,5)6/h33-39H,11,13,15-32H2,1-10H3. The Morgan fingerprint density at radius 3 is 1.67 bits per heavy atom. The molecule has 5 fully saturated rings. The van der Waals surface area contributed by atoms with E-state index in [0.717, 1.165) is 110 Å². The molecular formula is C44H77N3O7. The van der Waals surface area contributed by atoms with Crippen molar-refractivity contribution < 1.29 is 33.2 Å².